The van der Waals surface area contributed by atoms with Crippen LogP contribution in [0.15, 0.2) is 36.5 Å². The van der Waals surface area contributed by atoms with Gasteiger partial charge in [-0.3, -0.25) is 4.79 Å². The molecular formula is C18H23N3O3. The van der Waals surface area contributed by atoms with Crippen LogP contribution >= 0.6 is 0 Å². The van der Waals surface area contributed by atoms with Gasteiger partial charge in [0.05, 0.1) is 24.1 Å². The largest absolute Gasteiger partial charge is 0.467 e. The lowest BCUT2D eigenvalue weighted by Crippen LogP contribution is -2.39. The van der Waals surface area contributed by atoms with Crippen LogP contribution in [0.3, 0.4) is 0 Å². The molecule has 24 heavy (non-hydrogen) atoms. The van der Waals surface area contributed by atoms with E-state index < -0.39 is 12.0 Å². The molecule has 0 bridgehead atoms. The van der Waals surface area contributed by atoms with Gasteiger partial charge in [0.2, 0.25) is 0 Å². The molecule has 1 atom stereocenters. The Labute approximate surface area is 141 Å². The topological polar surface area (TPSA) is 73.2 Å². The number of carbonyl (C=O) groups is 2. The van der Waals surface area contributed by atoms with Crippen LogP contribution < -0.4 is 5.32 Å². The summed E-state index contributed by atoms with van der Waals surface area (Å²) >= 11 is 0. The van der Waals surface area contributed by atoms with Gasteiger partial charge in [-0.15, -0.1) is 0 Å². The fourth-order valence-electron chi connectivity index (χ4n) is 2.32. The molecule has 6 nitrogen and oxygen atoms in total. The van der Waals surface area contributed by atoms with E-state index in [2.05, 4.69) is 15.2 Å². The second kappa shape index (κ2) is 6.86. The van der Waals surface area contributed by atoms with E-state index in [0.717, 1.165) is 5.69 Å². The molecule has 1 heterocycles. The highest BCUT2D eigenvalue weighted by molar-refractivity contribution is 5.97. The van der Waals surface area contributed by atoms with Gasteiger partial charge in [0.15, 0.2) is 0 Å². The second-order valence-electron chi connectivity index (χ2n) is 6.64. The van der Waals surface area contributed by atoms with Gasteiger partial charge in [-0.25, -0.2) is 9.48 Å². The predicted octanol–water partition coefficient (Wildman–Crippen LogP) is 2.46. The van der Waals surface area contributed by atoms with Crippen molar-refractivity contribution < 1.29 is 14.3 Å². The summed E-state index contributed by atoms with van der Waals surface area (Å²) in [4.78, 5) is 24.1. The Kier molecular flexibility index (Phi) is 5.07. The van der Waals surface area contributed by atoms with Crippen molar-refractivity contribution in [2.24, 2.45) is 0 Å². The third-order valence-corrected chi connectivity index (χ3v) is 3.59. The first kappa shape index (κ1) is 17.7. The molecule has 0 saturated heterocycles. The van der Waals surface area contributed by atoms with Crippen molar-refractivity contribution in [3.63, 3.8) is 0 Å². The number of nitrogens with zero attached hydrogens (tertiary/aromatic N) is 2. The Bertz CT molecular complexity index is 730. The summed E-state index contributed by atoms with van der Waals surface area (Å²) < 4.78 is 6.33. The number of benzene rings is 1. The maximum atomic E-state index is 12.6. The van der Waals surface area contributed by atoms with Crippen LogP contribution in [0.4, 0.5) is 0 Å². The first-order valence-corrected chi connectivity index (χ1v) is 7.78. The first-order valence-electron chi connectivity index (χ1n) is 7.78. The van der Waals surface area contributed by atoms with Crippen molar-refractivity contribution in [2.45, 2.75) is 39.2 Å². The van der Waals surface area contributed by atoms with E-state index >= 15 is 0 Å². The van der Waals surface area contributed by atoms with Gasteiger partial charge in [0, 0.05) is 11.6 Å². The van der Waals surface area contributed by atoms with E-state index in [9.17, 15) is 9.59 Å². The molecule has 0 spiro atoms. The van der Waals surface area contributed by atoms with E-state index in [4.69, 9.17) is 0 Å². The summed E-state index contributed by atoms with van der Waals surface area (Å²) in [6.45, 7) is 7.56. The molecule has 0 aliphatic heterocycles. The molecule has 1 aromatic heterocycles. The molecule has 1 N–H and O–H groups in total. The molecule has 0 unspecified atom stereocenters. The number of methoxy groups -OCH3 is 1. The summed E-state index contributed by atoms with van der Waals surface area (Å²) in [7, 11) is 1.29. The number of amides is 1. The number of nitrogens with one attached hydrogen (secondary N) is 1. The second-order valence-corrected chi connectivity index (χ2v) is 6.64. The maximum absolute atomic E-state index is 12.6. The van der Waals surface area contributed by atoms with Crippen molar-refractivity contribution in [3.8, 4) is 5.69 Å². The molecule has 0 aliphatic rings. The molecular weight excluding hydrogens is 306 g/mol. The Morgan fingerprint density at radius 3 is 2.38 bits per heavy atom. The lowest BCUT2D eigenvalue weighted by atomic mass is 9.89. The zero-order chi connectivity index (χ0) is 17.9. The van der Waals surface area contributed by atoms with Gasteiger partial charge < -0.3 is 10.1 Å². The van der Waals surface area contributed by atoms with E-state index in [1.54, 1.807) is 17.8 Å². The highest BCUT2D eigenvalue weighted by atomic mass is 16.5. The standard InChI is InChI=1S/C18H23N3O3/c1-12(17(23)24-5)19-16(22)14-11-21(13-9-7-6-8-10-13)20-15(14)18(2,3)4/h6-12H,1-5H3,(H,19,22)/t12-/m1/s1. The van der Waals surface area contributed by atoms with Crippen molar-refractivity contribution in [1.82, 2.24) is 15.1 Å². The molecule has 6 heteroatoms. The summed E-state index contributed by atoms with van der Waals surface area (Å²) in [5, 5.41) is 7.24. The van der Waals surface area contributed by atoms with Crippen molar-refractivity contribution >= 4 is 11.9 Å². The molecule has 0 fully saturated rings. The maximum Gasteiger partial charge on any atom is 0.328 e. The number of rotatable bonds is 4. The molecule has 0 aliphatic carbocycles. The molecule has 0 saturated carbocycles. The van der Waals surface area contributed by atoms with Crippen LogP contribution in [0, 0.1) is 0 Å². The van der Waals surface area contributed by atoms with Gasteiger partial charge in [0.1, 0.15) is 6.04 Å². The van der Waals surface area contributed by atoms with E-state index in [1.807, 2.05) is 51.1 Å². The van der Waals surface area contributed by atoms with Crippen LogP contribution in [0.25, 0.3) is 5.69 Å². The van der Waals surface area contributed by atoms with Gasteiger partial charge in [-0.1, -0.05) is 39.0 Å². The van der Waals surface area contributed by atoms with Crippen molar-refractivity contribution in [2.75, 3.05) is 7.11 Å². The fraction of sp³-hybridized carbons (Fsp3) is 0.389. The van der Waals surface area contributed by atoms with Crippen LogP contribution in [0.5, 0.6) is 0 Å². The monoisotopic (exact) mass is 329 g/mol. The highest BCUT2D eigenvalue weighted by Crippen LogP contribution is 2.25. The molecule has 2 rings (SSSR count). The van der Waals surface area contributed by atoms with Gasteiger partial charge in [-0.2, -0.15) is 5.10 Å². The minimum absolute atomic E-state index is 0.318. The molecule has 1 amide bonds. The summed E-state index contributed by atoms with van der Waals surface area (Å²) in [6.07, 6.45) is 1.69. The summed E-state index contributed by atoms with van der Waals surface area (Å²) in [5.41, 5.74) is 1.66. The SMILES string of the molecule is COC(=O)[C@@H](C)NC(=O)c1cn(-c2ccccc2)nc1C(C)(C)C. The lowest BCUT2D eigenvalue weighted by molar-refractivity contribution is -0.142. The predicted molar refractivity (Wildman–Crippen MR) is 91.2 cm³/mol. The Balaban J connectivity index is 2.39. The normalized spacial score (nSPS) is 12.5. The van der Waals surface area contributed by atoms with Crippen LogP contribution in [0.2, 0.25) is 0 Å². The number of carbonyl (C=O) groups excluding carboxylic acids is 2. The first-order chi connectivity index (χ1) is 11.2. The fourth-order valence-corrected chi connectivity index (χ4v) is 2.32. The average Bonchev–Trinajstić information content (AvgIpc) is 3.00. The molecule has 128 valence electrons. The third-order valence-electron chi connectivity index (χ3n) is 3.59. The number of aromatic nitrogens is 2. The van der Waals surface area contributed by atoms with Crippen LogP contribution in [0.1, 0.15) is 43.7 Å². The summed E-state index contributed by atoms with van der Waals surface area (Å²) in [5.74, 6) is -0.837. The Morgan fingerprint density at radius 1 is 1.21 bits per heavy atom. The van der Waals surface area contributed by atoms with Crippen molar-refractivity contribution in [1.29, 1.82) is 0 Å². The Morgan fingerprint density at radius 2 is 1.83 bits per heavy atom. The Hall–Kier alpha value is -2.63. The molecule has 1 aromatic carbocycles. The zero-order valence-electron chi connectivity index (χ0n) is 14.7. The van der Waals surface area contributed by atoms with Gasteiger partial charge in [-0.05, 0) is 19.1 Å². The average molecular weight is 329 g/mol. The van der Waals surface area contributed by atoms with Gasteiger partial charge in [0.25, 0.3) is 5.91 Å². The van der Waals surface area contributed by atoms with Gasteiger partial charge >= 0.3 is 5.97 Å². The smallest absolute Gasteiger partial charge is 0.328 e. The molecule has 2 aromatic rings. The zero-order valence-corrected chi connectivity index (χ0v) is 14.7. The van der Waals surface area contributed by atoms with E-state index in [0.29, 0.717) is 11.3 Å². The number of hydrogen-bond donors (Lipinski definition) is 1. The van der Waals surface area contributed by atoms with E-state index in [-0.39, 0.29) is 11.3 Å². The number of para-hydroxylation sites is 1. The minimum Gasteiger partial charge on any atom is -0.467 e. The third kappa shape index (κ3) is 3.82. The number of esters is 1. The lowest BCUT2D eigenvalue weighted by Gasteiger charge is -2.18. The van der Waals surface area contributed by atoms with Crippen molar-refractivity contribution in [3.05, 3.63) is 47.8 Å². The summed E-state index contributed by atoms with van der Waals surface area (Å²) in [6, 6.07) is 8.84. The van der Waals surface area contributed by atoms with E-state index in [1.165, 1.54) is 7.11 Å². The number of hydrogen-bond acceptors (Lipinski definition) is 4. The van der Waals surface area contributed by atoms with Crippen LogP contribution in [-0.2, 0) is 14.9 Å². The minimum atomic E-state index is -0.726. The molecule has 0 radical (unpaired) electrons. The van der Waals surface area contributed by atoms with Crippen LogP contribution in [-0.4, -0.2) is 34.8 Å². The quantitative estimate of drug-likeness (QED) is 0.875. The number of ether oxygens (including phenoxy) is 1. The highest BCUT2D eigenvalue weighted by Gasteiger charge is 2.28.